The van der Waals surface area contributed by atoms with E-state index in [0.29, 0.717) is 12.1 Å². The van der Waals surface area contributed by atoms with Gasteiger partial charge >= 0.3 is 0 Å². The minimum Gasteiger partial charge on any atom is -0.394 e. The molecule has 0 saturated carbocycles. The van der Waals surface area contributed by atoms with Crippen molar-refractivity contribution in [2.75, 3.05) is 11.9 Å². The first kappa shape index (κ1) is 20.6. The largest absolute Gasteiger partial charge is 0.394 e. The van der Waals surface area contributed by atoms with Crippen LogP contribution < -0.4 is 10.6 Å². The predicted octanol–water partition coefficient (Wildman–Crippen LogP) is 3.45. The molecular weight excluding hydrogens is 364 g/mol. The van der Waals surface area contributed by atoms with Crippen molar-refractivity contribution in [3.63, 3.8) is 0 Å². The van der Waals surface area contributed by atoms with Crippen molar-refractivity contribution in [1.29, 1.82) is 0 Å². The fraction of sp³-hybridized carbons (Fsp3) is 0.250. The molecule has 0 saturated heterocycles. The Balaban J connectivity index is 1.59. The van der Waals surface area contributed by atoms with Crippen molar-refractivity contribution < 1.29 is 14.7 Å². The molecule has 0 aliphatic rings. The Bertz CT molecular complexity index is 1000. The Morgan fingerprint density at radius 1 is 0.862 bits per heavy atom. The Morgan fingerprint density at radius 3 is 2.28 bits per heavy atom. The molecule has 0 aliphatic carbocycles. The van der Waals surface area contributed by atoms with E-state index in [1.54, 1.807) is 26.0 Å². The average molecular weight is 390 g/mol. The minimum atomic E-state index is -0.646. The third-order valence-corrected chi connectivity index (χ3v) is 4.71. The first-order valence-corrected chi connectivity index (χ1v) is 9.63. The molecule has 0 spiro atoms. The van der Waals surface area contributed by atoms with Gasteiger partial charge in [-0.25, -0.2) is 0 Å². The minimum absolute atomic E-state index is 0.0865. The second-order valence-corrected chi connectivity index (χ2v) is 7.83. The van der Waals surface area contributed by atoms with E-state index in [1.807, 2.05) is 54.6 Å². The van der Waals surface area contributed by atoms with Crippen LogP contribution in [-0.4, -0.2) is 29.1 Å². The van der Waals surface area contributed by atoms with Gasteiger partial charge in [-0.3, -0.25) is 9.59 Å². The van der Waals surface area contributed by atoms with E-state index in [0.717, 1.165) is 21.9 Å². The van der Waals surface area contributed by atoms with E-state index in [2.05, 4.69) is 10.6 Å². The highest BCUT2D eigenvalue weighted by Crippen LogP contribution is 2.19. The normalized spacial score (nSPS) is 11.3. The SMILES string of the molecule is CC(C)(CO)NC(=O)Cc1ccc(NC(=O)Cc2cccc3ccccc23)cc1. The van der Waals surface area contributed by atoms with Crippen molar-refractivity contribution >= 4 is 28.3 Å². The van der Waals surface area contributed by atoms with Crippen molar-refractivity contribution in [3.8, 4) is 0 Å². The van der Waals surface area contributed by atoms with Crippen molar-refractivity contribution in [3.05, 3.63) is 77.9 Å². The maximum absolute atomic E-state index is 12.5. The number of hydrogen-bond acceptors (Lipinski definition) is 3. The number of hydrogen-bond donors (Lipinski definition) is 3. The number of aliphatic hydroxyl groups is 1. The van der Waals surface area contributed by atoms with Gasteiger partial charge in [-0.1, -0.05) is 54.6 Å². The molecule has 3 aromatic rings. The van der Waals surface area contributed by atoms with Crippen LogP contribution in [0.4, 0.5) is 5.69 Å². The topological polar surface area (TPSA) is 78.4 Å². The Kier molecular flexibility index (Phi) is 6.29. The highest BCUT2D eigenvalue weighted by molar-refractivity contribution is 5.96. The van der Waals surface area contributed by atoms with Gasteiger partial charge in [0, 0.05) is 5.69 Å². The van der Waals surface area contributed by atoms with Crippen LogP contribution in [0.1, 0.15) is 25.0 Å². The summed E-state index contributed by atoms with van der Waals surface area (Å²) in [4.78, 5) is 24.5. The van der Waals surface area contributed by atoms with Gasteiger partial charge in [0.15, 0.2) is 0 Å². The smallest absolute Gasteiger partial charge is 0.228 e. The summed E-state index contributed by atoms with van der Waals surface area (Å²) >= 11 is 0. The Labute approximate surface area is 170 Å². The maximum Gasteiger partial charge on any atom is 0.228 e. The van der Waals surface area contributed by atoms with E-state index in [1.165, 1.54) is 0 Å². The van der Waals surface area contributed by atoms with Crippen LogP contribution in [0.2, 0.25) is 0 Å². The number of carbonyl (C=O) groups excluding carboxylic acids is 2. The van der Waals surface area contributed by atoms with Crippen LogP contribution in [0.3, 0.4) is 0 Å². The fourth-order valence-corrected chi connectivity index (χ4v) is 3.18. The summed E-state index contributed by atoms with van der Waals surface area (Å²) in [5.41, 5.74) is 1.87. The first-order valence-electron chi connectivity index (χ1n) is 9.63. The predicted molar refractivity (Wildman–Crippen MR) is 116 cm³/mol. The number of rotatable bonds is 7. The van der Waals surface area contributed by atoms with Crippen LogP contribution >= 0.6 is 0 Å². The summed E-state index contributed by atoms with van der Waals surface area (Å²) in [5.74, 6) is -0.242. The van der Waals surface area contributed by atoms with Gasteiger partial charge in [-0.15, -0.1) is 0 Å². The van der Waals surface area contributed by atoms with Gasteiger partial charge in [0.05, 0.1) is 25.0 Å². The van der Waals surface area contributed by atoms with Crippen molar-refractivity contribution in [1.82, 2.24) is 5.32 Å². The summed E-state index contributed by atoms with van der Waals surface area (Å²) < 4.78 is 0. The lowest BCUT2D eigenvalue weighted by molar-refractivity contribution is -0.122. The molecular formula is C24H26N2O3. The number of benzene rings is 3. The highest BCUT2D eigenvalue weighted by atomic mass is 16.3. The number of amides is 2. The molecule has 5 nitrogen and oxygen atoms in total. The molecule has 3 N–H and O–H groups in total. The molecule has 0 atom stereocenters. The van der Waals surface area contributed by atoms with Crippen LogP contribution in [0.5, 0.6) is 0 Å². The summed E-state index contributed by atoms with van der Waals surface area (Å²) in [5, 5.41) is 17.1. The lowest BCUT2D eigenvalue weighted by Crippen LogP contribution is -2.46. The molecule has 3 rings (SSSR count). The first-order chi connectivity index (χ1) is 13.9. The molecule has 0 unspecified atom stereocenters. The van der Waals surface area contributed by atoms with E-state index >= 15 is 0 Å². The molecule has 0 fully saturated rings. The van der Waals surface area contributed by atoms with Crippen LogP contribution in [0.15, 0.2) is 66.7 Å². The molecule has 3 aromatic carbocycles. The van der Waals surface area contributed by atoms with Gasteiger partial charge in [0.1, 0.15) is 0 Å². The Hall–Kier alpha value is -3.18. The Morgan fingerprint density at radius 2 is 1.55 bits per heavy atom. The second kappa shape index (κ2) is 8.88. The summed E-state index contributed by atoms with van der Waals surface area (Å²) in [6.07, 6.45) is 0.509. The molecule has 5 heteroatoms. The summed E-state index contributed by atoms with van der Waals surface area (Å²) in [6, 6.07) is 21.2. The lowest BCUT2D eigenvalue weighted by atomic mass is 10.0. The molecule has 2 amide bonds. The zero-order valence-corrected chi connectivity index (χ0v) is 16.7. The summed E-state index contributed by atoms with van der Waals surface area (Å²) in [7, 11) is 0. The molecule has 0 aromatic heterocycles. The maximum atomic E-state index is 12.5. The fourth-order valence-electron chi connectivity index (χ4n) is 3.18. The zero-order valence-electron chi connectivity index (χ0n) is 16.7. The van der Waals surface area contributed by atoms with E-state index in [9.17, 15) is 14.7 Å². The summed E-state index contributed by atoms with van der Waals surface area (Å²) in [6.45, 7) is 3.40. The molecule has 0 radical (unpaired) electrons. The lowest BCUT2D eigenvalue weighted by Gasteiger charge is -2.23. The molecule has 150 valence electrons. The monoisotopic (exact) mass is 390 g/mol. The van der Waals surface area contributed by atoms with Gasteiger partial charge < -0.3 is 15.7 Å². The van der Waals surface area contributed by atoms with Crippen LogP contribution in [0, 0.1) is 0 Å². The molecule has 0 bridgehead atoms. The quantitative estimate of drug-likeness (QED) is 0.578. The second-order valence-electron chi connectivity index (χ2n) is 7.83. The standard InChI is InChI=1S/C24H26N2O3/c1-24(2,16-27)26-23(29)14-17-10-12-20(13-11-17)25-22(28)15-19-8-5-7-18-6-3-4-9-21(18)19/h3-13,27H,14-16H2,1-2H3,(H,25,28)(H,26,29). The van der Waals surface area contributed by atoms with Crippen molar-refractivity contribution in [2.45, 2.75) is 32.2 Å². The van der Waals surface area contributed by atoms with Crippen LogP contribution in [0.25, 0.3) is 10.8 Å². The number of nitrogens with one attached hydrogen (secondary N) is 2. The zero-order chi connectivity index (χ0) is 20.9. The third kappa shape index (κ3) is 5.65. The highest BCUT2D eigenvalue weighted by Gasteiger charge is 2.19. The molecule has 0 heterocycles. The van der Waals surface area contributed by atoms with Crippen LogP contribution in [-0.2, 0) is 22.4 Å². The number of anilines is 1. The van der Waals surface area contributed by atoms with Gasteiger partial charge in [0.2, 0.25) is 11.8 Å². The third-order valence-electron chi connectivity index (χ3n) is 4.71. The van der Waals surface area contributed by atoms with E-state index in [-0.39, 0.29) is 24.8 Å². The van der Waals surface area contributed by atoms with Crippen molar-refractivity contribution in [2.24, 2.45) is 0 Å². The average Bonchev–Trinajstić information content (AvgIpc) is 2.69. The van der Waals surface area contributed by atoms with Gasteiger partial charge in [0.25, 0.3) is 0 Å². The van der Waals surface area contributed by atoms with E-state index < -0.39 is 5.54 Å². The molecule has 29 heavy (non-hydrogen) atoms. The number of aliphatic hydroxyl groups excluding tert-OH is 1. The molecule has 0 aliphatic heterocycles. The van der Waals surface area contributed by atoms with E-state index in [4.69, 9.17) is 0 Å². The van der Waals surface area contributed by atoms with Gasteiger partial charge in [-0.05, 0) is 47.9 Å². The number of fused-ring (bicyclic) bond motifs is 1. The van der Waals surface area contributed by atoms with Gasteiger partial charge in [-0.2, -0.15) is 0 Å². The number of carbonyl (C=O) groups is 2.